The Balaban J connectivity index is 1.98. The van der Waals surface area contributed by atoms with Gasteiger partial charge in [-0.05, 0) is 38.5 Å². The Bertz CT molecular complexity index is 976. The highest BCUT2D eigenvalue weighted by molar-refractivity contribution is 6.13. The standard InChI is InChI=1S/C19H18N4O/c1-18(2)19(3,24)13-9-5-4-8-12(13)16(21-18)17-20-14-10-6-7-11-15(14)22-23-17/h4-11,24H,1-3H3. The minimum Gasteiger partial charge on any atom is -0.383 e. The molecule has 2 aromatic carbocycles. The van der Waals surface area contributed by atoms with Gasteiger partial charge in [0, 0.05) is 5.56 Å². The van der Waals surface area contributed by atoms with Gasteiger partial charge in [-0.3, -0.25) is 4.99 Å². The van der Waals surface area contributed by atoms with Gasteiger partial charge in [-0.15, -0.1) is 10.2 Å². The Kier molecular flexibility index (Phi) is 3.05. The molecular weight excluding hydrogens is 300 g/mol. The highest BCUT2D eigenvalue weighted by Gasteiger charge is 2.46. The third-order valence-electron chi connectivity index (χ3n) is 4.86. The van der Waals surface area contributed by atoms with E-state index in [0.717, 1.165) is 22.2 Å². The lowest BCUT2D eigenvalue weighted by Crippen LogP contribution is -2.48. The maximum Gasteiger partial charge on any atom is 0.201 e. The minimum atomic E-state index is -1.07. The third-order valence-corrected chi connectivity index (χ3v) is 4.86. The molecule has 120 valence electrons. The quantitative estimate of drug-likeness (QED) is 0.749. The minimum absolute atomic E-state index is 0.477. The molecule has 5 nitrogen and oxygen atoms in total. The molecule has 1 aromatic heterocycles. The lowest BCUT2D eigenvalue weighted by Gasteiger charge is -2.42. The van der Waals surface area contributed by atoms with Crippen molar-refractivity contribution in [3.8, 4) is 0 Å². The first-order chi connectivity index (χ1) is 11.4. The molecule has 1 N–H and O–H groups in total. The largest absolute Gasteiger partial charge is 0.383 e. The number of hydrogen-bond donors (Lipinski definition) is 1. The SMILES string of the molecule is CC1(C)N=C(c2nnc3ccccc3n2)c2ccccc2C1(C)O. The summed E-state index contributed by atoms with van der Waals surface area (Å²) < 4.78 is 0. The van der Waals surface area contributed by atoms with E-state index in [1.54, 1.807) is 6.92 Å². The van der Waals surface area contributed by atoms with Crippen LogP contribution in [0.3, 0.4) is 0 Å². The van der Waals surface area contributed by atoms with Crippen molar-refractivity contribution in [2.45, 2.75) is 31.9 Å². The molecule has 2 heterocycles. The molecule has 1 aliphatic rings. The molecule has 3 aromatic rings. The van der Waals surface area contributed by atoms with Gasteiger partial charge in [0.05, 0.1) is 11.1 Å². The molecule has 24 heavy (non-hydrogen) atoms. The Morgan fingerprint density at radius 2 is 1.50 bits per heavy atom. The van der Waals surface area contributed by atoms with Crippen molar-refractivity contribution in [1.82, 2.24) is 15.2 Å². The van der Waals surface area contributed by atoms with Gasteiger partial charge in [-0.25, -0.2) is 4.98 Å². The van der Waals surface area contributed by atoms with Crippen LogP contribution in [0.25, 0.3) is 11.0 Å². The van der Waals surface area contributed by atoms with Crippen LogP contribution in [0, 0.1) is 0 Å². The fraction of sp³-hybridized carbons (Fsp3) is 0.263. The molecule has 0 aliphatic carbocycles. The van der Waals surface area contributed by atoms with Gasteiger partial charge < -0.3 is 5.11 Å². The summed E-state index contributed by atoms with van der Waals surface area (Å²) in [5, 5.41) is 19.6. The van der Waals surface area contributed by atoms with Crippen molar-refractivity contribution in [3.05, 3.63) is 65.5 Å². The van der Waals surface area contributed by atoms with Gasteiger partial charge in [0.15, 0.2) is 0 Å². The number of benzene rings is 2. The van der Waals surface area contributed by atoms with E-state index >= 15 is 0 Å². The number of fused-ring (bicyclic) bond motifs is 2. The number of hydrogen-bond acceptors (Lipinski definition) is 5. The van der Waals surface area contributed by atoms with E-state index in [4.69, 9.17) is 4.99 Å². The van der Waals surface area contributed by atoms with Crippen LogP contribution in [-0.2, 0) is 5.60 Å². The summed E-state index contributed by atoms with van der Waals surface area (Å²) in [6, 6.07) is 15.3. The van der Waals surface area contributed by atoms with Crippen molar-refractivity contribution in [2.75, 3.05) is 0 Å². The molecule has 1 atom stereocenters. The molecule has 0 fully saturated rings. The van der Waals surface area contributed by atoms with Crippen LogP contribution >= 0.6 is 0 Å². The lowest BCUT2D eigenvalue weighted by atomic mass is 9.74. The van der Waals surface area contributed by atoms with Gasteiger partial charge in [-0.2, -0.15) is 0 Å². The van der Waals surface area contributed by atoms with Crippen LogP contribution in [0.1, 0.15) is 37.7 Å². The van der Waals surface area contributed by atoms with Crippen LogP contribution in [0.2, 0.25) is 0 Å². The molecule has 0 saturated heterocycles. The number of nitrogens with zero attached hydrogens (tertiary/aromatic N) is 4. The zero-order valence-electron chi connectivity index (χ0n) is 13.9. The number of aliphatic hydroxyl groups is 1. The molecule has 5 heteroatoms. The van der Waals surface area contributed by atoms with Gasteiger partial charge in [-0.1, -0.05) is 36.4 Å². The molecule has 1 unspecified atom stereocenters. The molecule has 4 rings (SSSR count). The second-order valence-corrected chi connectivity index (χ2v) is 6.76. The highest BCUT2D eigenvalue weighted by atomic mass is 16.3. The number of aromatic nitrogens is 3. The monoisotopic (exact) mass is 318 g/mol. The van der Waals surface area contributed by atoms with E-state index in [9.17, 15) is 5.11 Å². The second-order valence-electron chi connectivity index (χ2n) is 6.76. The van der Waals surface area contributed by atoms with Crippen LogP contribution in [-0.4, -0.2) is 31.5 Å². The Morgan fingerprint density at radius 3 is 2.29 bits per heavy atom. The summed E-state index contributed by atoms with van der Waals surface area (Å²) in [5.41, 5.74) is 2.09. The van der Waals surface area contributed by atoms with Gasteiger partial charge in [0.25, 0.3) is 0 Å². The van der Waals surface area contributed by atoms with Crippen molar-refractivity contribution in [2.24, 2.45) is 4.99 Å². The fourth-order valence-electron chi connectivity index (χ4n) is 3.04. The first kappa shape index (κ1) is 14.9. The fourth-order valence-corrected chi connectivity index (χ4v) is 3.04. The predicted molar refractivity (Wildman–Crippen MR) is 93.1 cm³/mol. The Morgan fingerprint density at radius 1 is 0.833 bits per heavy atom. The van der Waals surface area contributed by atoms with Crippen LogP contribution in [0.15, 0.2) is 53.5 Å². The zero-order valence-corrected chi connectivity index (χ0v) is 13.9. The van der Waals surface area contributed by atoms with Crippen LogP contribution < -0.4 is 0 Å². The smallest absolute Gasteiger partial charge is 0.201 e. The van der Waals surface area contributed by atoms with E-state index in [1.807, 2.05) is 62.4 Å². The van der Waals surface area contributed by atoms with Gasteiger partial charge in [0.2, 0.25) is 5.82 Å². The molecule has 0 amide bonds. The molecule has 0 radical (unpaired) electrons. The van der Waals surface area contributed by atoms with Crippen molar-refractivity contribution in [1.29, 1.82) is 0 Å². The maximum atomic E-state index is 11.0. The summed E-state index contributed by atoms with van der Waals surface area (Å²) in [6.45, 7) is 5.63. The van der Waals surface area contributed by atoms with Crippen LogP contribution in [0.4, 0.5) is 0 Å². The van der Waals surface area contributed by atoms with E-state index in [2.05, 4.69) is 15.2 Å². The topological polar surface area (TPSA) is 71.3 Å². The maximum absolute atomic E-state index is 11.0. The molecular formula is C19H18N4O. The predicted octanol–water partition coefficient (Wildman–Crippen LogP) is 2.86. The van der Waals surface area contributed by atoms with Crippen molar-refractivity contribution >= 4 is 16.7 Å². The Labute approximate surface area is 140 Å². The van der Waals surface area contributed by atoms with E-state index in [1.165, 1.54) is 0 Å². The number of rotatable bonds is 1. The summed E-state index contributed by atoms with van der Waals surface area (Å²) >= 11 is 0. The average Bonchev–Trinajstić information content (AvgIpc) is 2.58. The van der Waals surface area contributed by atoms with Crippen molar-refractivity contribution in [3.63, 3.8) is 0 Å². The zero-order chi connectivity index (χ0) is 16.9. The normalized spacial score (nSPS) is 22.1. The van der Waals surface area contributed by atoms with Crippen molar-refractivity contribution < 1.29 is 5.11 Å². The number of aliphatic imine (C=N–C) groups is 1. The van der Waals surface area contributed by atoms with E-state index < -0.39 is 11.1 Å². The molecule has 0 spiro atoms. The lowest BCUT2D eigenvalue weighted by molar-refractivity contribution is -0.00973. The molecule has 0 saturated carbocycles. The Hall–Kier alpha value is -2.66. The van der Waals surface area contributed by atoms with E-state index in [0.29, 0.717) is 11.5 Å². The summed E-state index contributed by atoms with van der Waals surface area (Å²) in [6.07, 6.45) is 0. The molecule has 1 aliphatic heterocycles. The van der Waals surface area contributed by atoms with Gasteiger partial charge >= 0.3 is 0 Å². The van der Waals surface area contributed by atoms with E-state index in [-0.39, 0.29) is 0 Å². The summed E-state index contributed by atoms with van der Waals surface area (Å²) in [5.74, 6) is 0.477. The average molecular weight is 318 g/mol. The summed E-state index contributed by atoms with van der Waals surface area (Å²) in [4.78, 5) is 9.41. The number of para-hydroxylation sites is 1. The molecule has 0 bridgehead atoms. The highest BCUT2D eigenvalue weighted by Crippen LogP contribution is 2.41. The van der Waals surface area contributed by atoms with Gasteiger partial charge in [0.1, 0.15) is 16.8 Å². The second kappa shape index (κ2) is 4.92. The van der Waals surface area contributed by atoms with Crippen LogP contribution in [0.5, 0.6) is 0 Å². The summed E-state index contributed by atoms with van der Waals surface area (Å²) in [7, 11) is 0. The first-order valence-corrected chi connectivity index (χ1v) is 7.92. The first-order valence-electron chi connectivity index (χ1n) is 7.92. The third kappa shape index (κ3) is 2.05.